The van der Waals surface area contributed by atoms with E-state index in [2.05, 4.69) is 28.8 Å². The van der Waals surface area contributed by atoms with Crippen molar-refractivity contribution in [2.24, 2.45) is 0 Å². The van der Waals surface area contributed by atoms with Crippen molar-refractivity contribution in [2.75, 3.05) is 6.54 Å². The molecule has 0 aliphatic carbocycles. The van der Waals surface area contributed by atoms with E-state index in [0.717, 1.165) is 22.6 Å². The minimum atomic E-state index is -0.509. The Balaban J connectivity index is 1.81. The van der Waals surface area contributed by atoms with E-state index in [-0.39, 0.29) is 12.1 Å². The zero-order chi connectivity index (χ0) is 18.9. The van der Waals surface area contributed by atoms with Gasteiger partial charge in [0.1, 0.15) is 11.3 Å². The second kappa shape index (κ2) is 6.90. The maximum atomic E-state index is 12.3. The predicted octanol–water partition coefficient (Wildman–Crippen LogP) is 3.22. The Morgan fingerprint density at radius 1 is 1.42 bits per heavy atom. The molecule has 7 nitrogen and oxygen atoms in total. The van der Waals surface area contributed by atoms with Crippen LogP contribution in [0.3, 0.4) is 0 Å². The van der Waals surface area contributed by atoms with E-state index >= 15 is 0 Å². The molecule has 2 aromatic rings. The van der Waals surface area contributed by atoms with Gasteiger partial charge in [0.2, 0.25) is 0 Å². The Morgan fingerprint density at radius 3 is 2.88 bits per heavy atom. The van der Waals surface area contributed by atoms with Crippen LogP contribution in [0.5, 0.6) is 0 Å². The first-order chi connectivity index (χ1) is 12.3. The first kappa shape index (κ1) is 18.1. The maximum absolute atomic E-state index is 12.3. The van der Waals surface area contributed by atoms with Crippen LogP contribution in [0.25, 0.3) is 6.08 Å². The van der Waals surface area contributed by atoms with Gasteiger partial charge in [0.25, 0.3) is 0 Å². The third-order valence-electron chi connectivity index (χ3n) is 4.36. The Labute approximate surface area is 153 Å². The van der Waals surface area contributed by atoms with Crippen LogP contribution in [-0.4, -0.2) is 43.1 Å². The van der Waals surface area contributed by atoms with E-state index in [4.69, 9.17) is 4.74 Å². The van der Waals surface area contributed by atoms with Crippen LogP contribution in [0.2, 0.25) is 0 Å². The molecule has 3 rings (SSSR count). The van der Waals surface area contributed by atoms with Gasteiger partial charge >= 0.3 is 6.09 Å². The standard InChI is InChI=1S/C19H25N5O2/c1-6-15-14(8-7-10-20-15)13(2)24-17-9-11-23(12-16(17)21-22-24)18(25)26-19(3,4)5/h6-8,10,13H,1,9,11-12H2,2-5H3. The van der Waals surface area contributed by atoms with Crippen molar-refractivity contribution < 1.29 is 9.53 Å². The van der Waals surface area contributed by atoms with E-state index in [1.54, 1.807) is 17.2 Å². The van der Waals surface area contributed by atoms with Gasteiger partial charge in [0.05, 0.1) is 24.0 Å². The molecule has 0 fully saturated rings. The zero-order valence-electron chi connectivity index (χ0n) is 15.8. The van der Waals surface area contributed by atoms with E-state index in [1.807, 2.05) is 37.6 Å². The smallest absolute Gasteiger partial charge is 0.410 e. The van der Waals surface area contributed by atoms with Crippen molar-refractivity contribution in [3.05, 3.63) is 47.6 Å². The number of fused-ring (bicyclic) bond motifs is 1. The number of rotatable bonds is 3. The molecule has 0 radical (unpaired) electrons. The monoisotopic (exact) mass is 355 g/mol. The lowest BCUT2D eigenvalue weighted by atomic mass is 10.1. The molecule has 1 aliphatic heterocycles. The lowest BCUT2D eigenvalue weighted by molar-refractivity contribution is 0.0220. The van der Waals surface area contributed by atoms with Gasteiger partial charge in [-0.15, -0.1) is 5.10 Å². The average Bonchev–Trinajstić information content (AvgIpc) is 3.02. The molecule has 1 unspecified atom stereocenters. The first-order valence-electron chi connectivity index (χ1n) is 8.78. The van der Waals surface area contributed by atoms with E-state index in [1.165, 1.54) is 0 Å². The molecule has 1 aliphatic rings. The Kier molecular flexibility index (Phi) is 4.80. The van der Waals surface area contributed by atoms with Crippen LogP contribution in [0.1, 0.15) is 56.4 Å². The minimum Gasteiger partial charge on any atom is -0.444 e. The topological polar surface area (TPSA) is 73.1 Å². The SMILES string of the molecule is C=Cc1ncccc1C(C)n1nnc2c1CCN(C(=O)OC(C)(C)C)C2. The molecule has 3 heterocycles. The van der Waals surface area contributed by atoms with Gasteiger partial charge in [-0.1, -0.05) is 17.9 Å². The van der Waals surface area contributed by atoms with Gasteiger partial charge in [-0.3, -0.25) is 4.98 Å². The van der Waals surface area contributed by atoms with Gasteiger partial charge in [0, 0.05) is 24.7 Å². The number of hydrogen-bond donors (Lipinski definition) is 0. The maximum Gasteiger partial charge on any atom is 0.410 e. The summed E-state index contributed by atoms with van der Waals surface area (Å²) >= 11 is 0. The van der Waals surface area contributed by atoms with Crippen LogP contribution in [-0.2, 0) is 17.7 Å². The number of nitrogens with zero attached hydrogens (tertiary/aromatic N) is 5. The molecule has 0 spiro atoms. The summed E-state index contributed by atoms with van der Waals surface area (Å²) in [7, 11) is 0. The summed E-state index contributed by atoms with van der Waals surface area (Å²) < 4.78 is 7.38. The third kappa shape index (κ3) is 3.61. The summed E-state index contributed by atoms with van der Waals surface area (Å²) in [5.41, 5.74) is 3.25. The van der Waals surface area contributed by atoms with Crippen LogP contribution >= 0.6 is 0 Å². The van der Waals surface area contributed by atoms with Crippen LogP contribution < -0.4 is 0 Å². The molecular weight excluding hydrogens is 330 g/mol. The normalized spacial score (nSPS) is 15.3. The van der Waals surface area contributed by atoms with Crippen molar-refractivity contribution >= 4 is 12.2 Å². The molecule has 2 aromatic heterocycles. The molecule has 1 amide bonds. The van der Waals surface area contributed by atoms with Gasteiger partial charge in [-0.05, 0) is 39.8 Å². The molecule has 1 atom stereocenters. The summed E-state index contributed by atoms with van der Waals surface area (Å²) in [6.45, 7) is 12.5. The van der Waals surface area contributed by atoms with Crippen molar-refractivity contribution in [3.63, 3.8) is 0 Å². The molecule has 0 saturated heterocycles. The Hall–Kier alpha value is -2.70. The van der Waals surface area contributed by atoms with Gasteiger partial charge in [-0.25, -0.2) is 9.48 Å². The van der Waals surface area contributed by atoms with Crippen molar-refractivity contribution in [2.45, 2.75) is 52.3 Å². The largest absolute Gasteiger partial charge is 0.444 e. The molecule has 0 bridgehead atoms. The molecule has 0 aromatic carbocycles. The molecule has 26 heavy (non-hydrogen) atoms. The highest BCUT2D eigenvalue weighted by Gasteiger charge is 2.30. The summed E-state index contributed by atoms with van der Waals surface area (Å²) in [6, 6.07) is 3.92. The zero-order valence-corrected chi connectivity index (χ0v) is 15.8. The molecule has 7 heteroatoms. The van der Waals surface area contributed by atoms with Crippen molar-refractivity contribution in [1.82, 2.24) is 24.9 Å². The minimum absolute atomic E-state index is 0.0129. The van der Waals surface area contributed by atoms with Crippen LogP contribution in [0, 0.1) is 0 Å². The van der Waals surface area contributed by atoms with Crippen molar-refractivity contribution in [1.29, 1.82) is 0 Å². The fourth-order valence-corrected chi connectivity index (χ4v) is 3.11. The fourth-order valence-electron chi connectivity index (χ4n) is 3.11. The fraction of sp³-hybridized carbons (Fsp3) is 0.474. The van der Waals surface area contributed by atoms with E-state index in [0.29, 0.717) is 19.5 Å². The first-order valence-corrected chi connectivity index (χ1v) is 8.78. The predicted molar refractivity (Wildman–Crippen MR) is 98.5 cm³/mol. The van der Waals surface area contributed by atoms with Gasteiger partial charge in [0.15, 0.2) is 0 Å². The highest BCUT2D eigenvalue weighted by Crippen LogP contribution is 2.26. The summed E-state index contributed by atoms with van der Waals surface area (Å²) in [4.78, 5) is 18.3. The summed E-state index contributed by atoms with van der Waals surface area (Å²) in [5, 5.41) is 8.65. The Bertz CT molecular complexity index is 822. The number of amides is 1. The lowest BCUT2D eigenvalue weighted by Crippen LogP contribution is -2.40. The number of aromatic nitrogens is 4. The quantitative estimate of drug-likeness (QED) is 0.845. The molecule has 138 valence electrons. The van der Waals surface area contributed by atoms with E-state index < -0.39 is 5.60 Å². The highest BCUT2D eigenvalue weighted by atomic mass is 16.6. The van der Waals surface area contributed by atoms with Gasteiger partial charge < -0.3 is 9.64 Å². The molecular formula is C19H25N5O2. The average molecular weight is 355 g/mol. The van der Waals surface area contributed by atoms with E-state index in [9.17, 15) is 4.79 Å². The number of carbonyl (C=O) groups excluding carboxylic acids is 1. The summed E-state index contributed by atoms with van der Waals surface area (Å²) in [6.07, 6.45) is 3.88. The second-order valence-electron chi connectivity index (χ2n) is 7.44. The number of ether oxygens (including phenoxy) is 1. The number of hydrogen-bond acceptors (Lipinski definition) is 5. The summed E-state index contributed by atoms with van der Waals surface area (Å²) in [5.74, 6) is 0. The van der Waals surface area contributed by atoms with Crippen molar-refractivity contribution in [3.8, 4) is 0 Å². The van der Waals surface area contributed by atoms with Crippen LogP contribution in [0.4, 0.5) is 4.79 Å². The lowest BCUT2D eigenvalue weighted by Gasteiger charge is -2.30. The van der Waals surface area contributed by atoms with Gasteiger partial charge in [-0.2, -0.15) is 0 Å². The number of carbonyl (C=O) groups is 1. The third-order valence-corrected chi connectivity index (χ3v) is 4.36. The Morgan fingerprint density at radius 2 is 2.19 bits per heavy atom. The molecule has 0 N–H and O–H groups in total. The highest BCUT2D eigenvalue weighted by molar-refractivity contribution is 5.68. The number of pyridine rings is 1. The second-order valence-corrected chi connectivity index (χ2v) is 7.44. The van der Waals surface area contributed by atoms with Crippen LogP contribution in [0.15, 0.2) is 24.9 Å². The molecule has 0 saturated carbocycles.